The molecular formula is C12H14BrF3N2. The summed E-state index contributed by atoms with van der Waals surface area (Å²) in [5.41, 5.74) is 5.96. The smallest absolute Gasteiger partial charge is 0.396 e. The van der Waals surface area contributed by atoms with E-state index in [9.17, 15) is 13.2 Å². The zero-order chi connectivity index (χ0) is 13.3. The molecule has 0 radical (unpaired) electrons. The van der Waals surface area contributed by atoms with Crippen molar-refractivity contribution in [2.45, 2.75) is 25.4 Å². The van der Waals surface area contributed by atoms with Gasteiger partial charge in [-0.15, -0.1) is 0 Å². The SMILES string of the molecule is Nc1c(N2CCCCC2)ccc(C(F)(F)F)c1Br. The van der Waals surface area contributed by atoms with Crippen LogP contribution in [0.1, 0.15) is 24.8 Å². The average Bonchev–Trinajstić information content (AvgIpc) is 2.32. The van der Waals surface area contributed by atoms with E-state index in [0.29, 0.717) is 5.69 Å². The minimum absolute atomic E-state index is 0.0573. The Bertz CT molecular complexity index is 440. The number of anilines is 2. The number of halogens is 4. The molecular weight excluding hydrogens is 309 g/mol. The van der Waals surface area contributed by atoms with Crippen LogP contribution >= 0.6 is 15.9 Å². The fraction of sp³-hybridized carbons (Fsp3) is 0.500. The minimum Gasteiger partial charge on any atom is -0.396 e. The highest BCUT2D eigenvalue weighted by atomic mass is 79.9. The van der Waals surface area contributed by atoms with E-state index in [-0.39, 0.29) is 10.2 Å². The highest BCUT2D eigenvalue weighted by Crippen LogP contribution is 2.41. The number of benzene rings is 1. The Morgan fingerprint density at radius 2 is 1.72 bits per heavy atom. The lowest BCUT2D eigenvalue weighted by atomic mass is 10.1. The summed E-state index contributed by atoms with van der Waals surface area (Å²) in [7, 11) is 0. The maximum absolute atomic E-state index is 12.7. The fourth-order valence-corrected chi connectivity index (χ4v) is 2.77. The number of nitrogen functional groups attached to an aromatic ring is 1. The van der Waals surface area contributed by atoms with Crippen LogP contribution in [0.3, 0.4) is 0 Å². The first kappa shape index (κ1) is 13.5. The summed E-state index contributed by atoms with van der Waals surface area (Å²) in [5.74, 6) is 0. The van der Waals surface area contributed by atoms with Crippen molar-refractivity contribution in [1.82, 2.24) is 0 Å². The van der Waals surface area contributed by atoms with Gasteiger partial charge in [0.15, 0.2) is 0 Å². The summed E-state index contributed by atoms with van der Waals surface area (Å²) in [6.07, 6.45) is -1.11. The predicted molar refractivity (Wildman–Crippen MR) is 69.6 cm³/mol. The molecule has 0 bridgehead atoms. The molecule has 0 saturated carbocycles. The molecule has 1 aromatic carbocycles. The second kappa shape index (κ2) is 4.99. The standard InChI is InChI=1S/C12H14BrF3N2/c13-10-8(12(14,15)16)4-5-9(11(10)17)18-6-2-1-3-7-18/h4-5H,1-3,6-7,17H2. The van der Waals surface area contributed by atoms with Crippen molar-refractivity contribution in [3.05, 3.63) is 22.2 Å². The second-order valence-electron chi connectivity index (χ2n) is 4.41. The third-order valence-electron chi connectivity index (χ3n) is 3.16. The zero-order valence-electron chi connectivity index (χ0n) is 9.73. The first-order valence-electron chi connectivity index (χ1n) is 5.81. The van der Waals surface area contributed by atoms with Gasteiger partial charge in [-0.2, -0.15) is 13.2 Å². The summed E-state index contributed by atoms with van der Waals surface area (Å²) in [6.45, 7) is 1.70. The fourth-order valence-electron chi connectivity index (χ4n) is 2.21. The Morgan fingerprint density at radius 3 is 2.28 bits per heavy atom. The maximum Gasteiger partial charge on any atom is 0.417 e. The van der Waals surface area contributed by atoms with Crippen LogP contribution in [-0.4, -0.2) is 13.1 Å². The summed E-state index contributed by atoms with van der Waals surface area (Å²) in [6, 6.07) is 2.55. The zero-order valence-corrected chi connectivity index (χ0v) is 11.3. The first-order valence-corrected chi connectivity index (χ1v) is 6.60. The van der Waals surface area contributed by atoms with Gasteiger partial charge in [0.2, 0.25) is 0 Å². The third kappa shape index (κ3) is 2.58. The molecule has 0 aliphatic carbocycles. The van der Waals surface area contributed by atoms with Gasteiger partial charge in [0.1, 0.15) is 0 Å². The molecule has 2 rings (SSSR count). The Morgan fingerprint density at radius 1 is 1.11 bits per heavy atom. The van der Waals surface area contributed by atoms with Gasteiger partial charge in [0, 0.05) is 13.1 Å². The molecule has 1 aromatic rings. The molecule has 2 N–H and O–H groups in total. The molecule has 1 aliphatic heterocycles. The Labute approximate surface area is 112 Å². The second-order valence-corrected chi connectivity index (χ2v) is 5.20. The number of nitrogens with zero attached hydrogens (tertiary/aromatic N) is 1. The van der Waals surface area contributed by atoms with Crippen molar-refractivity contribution >= 4 is 27.3 Å². The number of piperidine rings is 1. The molecule has 2 nitrogen and oxygen atoms in total. The molecule has 100 valence electrons. The van der Waals surface area contributed by atoms with Crippen molar-refractivity contribution < 1.29 is 13.2 Å². The summed E-state index contributed by atoms with van der Waals surface area (Å²) in [5, 5.41) is 0. The topological polar surface area (TPSA) is 29.3 Å². The highest BCUT2D eigenvalue weighted by Gasteiger charge is 2.34. The molecule has 0 atom stereocenters. The average molecular weight is 323 g/mol. The lowest BCUT2D eigenvalue weighted by molar-refractivity contribution is -0.138. The van der Waals surface area contributed by atoms with Crippen molar-refractivity contribution in [3.63, 3.8) is 0 Å². The van der Waals surface area contributed by atoms with Crippen molar-refractivity contribution in [3.8, 4) is 0 Å². The monoisotopic (exact) mass is 322 g/mol. The van der Waals surface area contributed by atoms with Crippen LogP contribution in [0.2, 0.25) is 0 Å². The molecule has 0 spiro atoms. The number of hydrogen-bond acceptors (Lipinski definition) is 2. The van der Waals surface area contributed by atoms with E-state index >= 15 is 0 Å². The van der Waals surface area contributed by atoms with Gasteiger partial charge in [-0.25, -0.2) is 0 Å². The molecule has 1 fully saturated rings. The van der Waals surface area contributed by atoms with Gasteiger partial charge in [-0.3, -0.25) is 0 Å². The quantitative estimate of drug-likeness (QED) is 0.791. The van der Waals surface area contributed by atoms with Gasteiger partial charge in [-0.05, 0) is 47.3 Å². The summed E-state index contributed by atoms with van der Waals surface area (Å²) >= 11 is 2.96. The lowest BCUT2D eigenvalue weighted by Gasteiger charge is -2.30. The first-order chi connectivity index (χ1) is 8.41. The predicted octanol–water partition coefficient (Wildman–Crippen LogP) is 4.04. The van der Waals surface area contributed by atoms with Crippen LogP contribution in [0, 0.1) is 0 Å². The Hall–Kier alpha value is -0.910. The normalized spacial score (nSPS) is 17.0. The van der Waals surface area contributed by atoms with Crippen LogP contribution < -0.4 is 10.6 Å². The number of nitrogens with two attached hydrogens (primary N) is 1. The summed E-state index contributed by atoms with van der Waals surface area (Å²) < 4.78 is 38.1. The lowest BCUT2D eigenvalue weighted by Crippen LogP contribution is -2.30. The Balaban J connectivity index is 2.37. The van der Waals surface area contributed by atoms with E-state index in [1.807, 2.05) is 4.90 Å². The van der Waals surface area contributed by atoms with Crippen LogP contribution in [0.5, 0.6) is 0 Å². The minimum atomic E-state index is -4.38. The van der Waals surface area contributed by atoms with E-state index in [0.717, 1.165) is 38.4 Å². The van der Waals surface area contributed by atoms with Gasteiger partial charge < -0.3 is 10.6 Å². The van der Waals surface area contributed by atoms with Gasteiger partial charge in [-0.1, -0.05) is 0 Å². The van der Waals surface area contributed by atoms with E-state index in [1.54, 1.807) is 0 Å². The number of hydrogen-bond donors (Lipinski definition) is 1. The van der Waals surface area contributed by atoms with Gasteiger partial charge >= 0.3 is 6.18 Å². The number of alkyl halides is 3. The van der Waals surface area contributed by atoms with Gasteiger partial charge in [0.25, 0.3) is 0 Å². The van der Waals surface area contributed by atoms with Crippen molar-refractivity contribution in [1.29, 1.82) is 0 Å². The van der Waals surface area contributed by atoms with E-state index in [2.05, 4.69) is 15.9 Å². The number of rotatable bonds is 1. The summed E-state index contributed by atoms with van der Waals surface area (Å²) in [4.78, 5) is 2.05. The molecule has 1 heterocycles. The van der Waals surface area contributed by atoms with Gasteiger partial charge in [0.05, 0.1) is 21.4 Å². The Kier molecular flexibility index (Phi) is 3.75. The molecule has 0 aromatic heterocycles. The van der Waals surface area contributed by atoms with Crippen LogP contribution in [0.15, 0.2) is 16.6 Å². The van der Waals surface area contributed by atoms with Crippen molar-refractivity contribution in [2.75, 3.05) is 23.7 Å². The highest BCUT2D eigenvalue weighted by molar-refractivity contribution is 9.10. The molecule has 0 unspecified atom stereocenters. The largest absolute Gasteiger partial charge is 0.417 e. The molecule has 1 saturated heterocycles. The molecule has 0 amide bonds. The van der Waals surface area contributed by atoms with Crippen molar-refractivity contribution in [2.24, 2.45) is 0 Å². The van der Waals surface area contributed by atoms with Crippen LogP contribution in [-0.2, 0) is 6.18 Å². The van der Waals surface area contributed by atoms with E-state index < -0.39 is 11.7 Å². The van der Waals surface area contributed by atoms with Crippen LogP contribution in [0.25, 0.3) is 0 Å². The molecule has 6 heteroatoms. The van der Waals surface area contributed by atoms with E-state index in [4.69, 9.17) is 5.73 Å². The third-order valence-corrected chi connectivity index (χ3v) is 4.01. The molecule has 18 heavy (non-hydrogen) atoms. The maximum atomic E-state index is 12.7. The van der Waals surface area contributed by atoms with E-state index in [1.165, 1.54) is 6.07 Å². The molecule has 1 aliphatic rings. The van der Waals surface area contributed by atoms with Crippen LogP contribution in [0.4, 0.5) is 24.5 Å².